The molecule has 0 spiro atoms. The van der Waals surface area contributed by atoms with E-state index in [9.17, 15) is 17.6 Å². The molecule has 0 N–H and O–H groups in total. The minimum Gasteiger partial charge on any atom is -0.333 e. The highest BCUT2D eigenvalue weighted by atomic mass is 35.5. The number of amides is 1. The van der Waals surface area contributed by atoms with Crippen molar-refractivity contribution in [2.24, 2.45) is 5.92 Å². The highest BCUT2D eigenvalue weighted by Gasteiger charge is 2.27. The first-order valence-electron chi connectivity index (χ1n) is 12.2. The summed E-state index contributed by atoms with van der Waals surface area (Å²) in [6.07, 6.45) is 1.48. The molecule has 0 aliphatic rings. The van der Waals surface area contributed by atoms with Crippen LogP contribution in [0.2, 0.25) is 5.02 Å². The molecule has 0 aliphatic carbocycles. The van der Waals surface area contributed by atoms with Gasteiger partial charge in [0.15, 0.2) is 0 Å². The van der Waals surface area contributed by atoms with Gasteiger partial charge in [0.25, 0.3) is 5.91 Å². The zero-order valence-corrected chi connectivity index (χ0v) is 22.8. The maximum Gasteiger partial charge on any atom is 0.254 e. The lowest BCUT2D eigenvalue weighted by molar-refractivity contribution is 0.0718. The summed E-state index contributed by atoms with van der Waals surface area (Å²) in [5, 5.41) is 0.287. The number of rotatable bonds is 10. The molecular weight excluding hydrogens is 525 g/mol. The Morgan fingerprint density at radius 3 is 2.42 bits per heavy atom. The molecule has 0 radical (unpaired) electrons. The molecule has 0 atom stereocenters. The molecule has 1 aromatic heterocycles. The van der Waals surface area contributed by atoms with Crippen LogP contribution in [0.1, 0.15) is 41.0 Å². The lowest BCUT2D eigenvalue weighted by atomic mass is 10.1. The van der Waals surface area contributed by atoms with Crippen LogP contribution < -0.4 is 0 Å². The van der Waals surface area contributed by atoms with E-state index in [2.05, 4.69) is 4.98 Å². The average molecular weight is 554 g/mol. The van der Waals surface area contributed by atoms with Crippen LogP contribution in [0.25, 0.3) is 0 Å². The van der Waals surface area contributed by atoms with Crippen molar-refractivity contribution >= 4 is 27.3 Å². The number of benzene rings is 3. The fourth-order valence-corrected chi connectivity index (χ4v) is 5.94. The normalized spacial score (nSPS) is 11.6. The second-order valence-corrected chi connectivity index (χ2v) is 11.9. The largest absolute Gasteiger partial charge is 0.333 e. The molecule has 0 saturated carbocycles. The summed E-state index contributed by atoms with van der Waals surface area (Å²) in [5.41, 5.74) is 1.93. The second-order valence-electron chi connectivity index (χ2n) is 9.54. The highest BCUT2D eigenvalue weighted by Crippen LogP contribution is 2.23. The average Bonchev–Trinajstić information content (AvgIpc) is 3.27. The molecule has 3 aromatic carbocycles. The van der Waals surface area contributed by atoms with Gasteiger partial charge >= 0.3 is 0 Å². The first kappa shape index (κ1) is 27.5. The van der Waals surface area contributed by atoms with Gasteiger partial charge in [-0.15, -0.1) is 0 Å². The number of hydrogen-bond acceptors (Lipinski definition) is 4. The van der Waals surface area contributed by atoms with Crippen molar-refractivity contribution in [3.63, 3.8) is 0 Å². The van der Waals surface area contributed by atoms with Crippen LogP contribution in [-0.4, -0.2) is 35.3 Å². The zero-order valence-electron chi connectivity index (χ0n) is 21.2. The molecule has 0 bridgehead atoms. The Bertz CT molecular complexity index is 1520. The van der Waals surface area contributed by atoms with E-state index in [1.807, 2.05) is 44.2 Å². The second kappa shape index (κ2) is 11.9. The van der Waals surface area contributed by atoms with Crippen molar-refractivity contribution in [3.8, 4) is 0 Å². The fourth-order valence-electron chi connectivity index (χ4n) is 4.25. The van der Waals surface area contributed by atoms with Gasteiger partial charge in [-0.1, -0.05) is 80.0 Å². The third-order valence-electron chi connectivity index (χ3n) is 5.96. The molecule has 1 heterocycles. The molecule has 198 valence electrons. The van der Waals surface area contributed by atoms with Gasteiger partial charge in [0.05, 0.1) is 30.7 Å². The van der Waals surface area contributed by atoms with Gasteiger partial charge in [-0.25, -0.2) is 17.8 Å². The number of carbonyl (C=O) groups excluding carboxylic acids is 1. The summed E-state index contributed by atoms with van der Waals surface area (Å²) in [7, 11) is -4.01. The Hall–Kier alpha value is -3.49. The number of sulfone groups is 1. The van der Waals surface area contributed by atoms with Crippen LogP contribution in [0, 0.1) is 11.7 Å². The molecule has 4 rings (SSSR count). The Kier molecular flexibility index (Phi) is 8.64. The van der Waals surface area contributed by atoms with E-state index in [4.69, 9.17) is 11.6 Å². The monoisotopic (exact) mass is 553 g/mol. The number of nitrogens with zero attached hydrogens (tertiary/aromatic N) is 3. The van der Waals surface area contributed by atoms with E-state index in [-0.39, 0.29) is 35.6 Å². The van der Waals surface area contributed by atoms with Crippen LogP contribution >= 0.6 is 11.6 Å². The first-order chi connectivity index (χ1) is 18.1. The van der Waals surface area contributed by atoms with Gasteiger partial charge in [0.2, 0.25) is 15.0 Å². The Labute approximate surface area is 227 Å². The van der Waals surface area contributed by atoms with Gasteiger partial charge in [-0.2, -0.15) is 0 Å². The van der Waals surface area contributed by atoms with E-state index < -0.39 is 21.4 Å². The summed E-state index contributed by atoms with van der Waals surface area (Å²) >= 11 is 6.13. The number of hydrogen-bond donors (Lipinski definition) is 0. The molecule has 1 amide bonds. The van der Waals surface area contributed by atoms with E-state index in [1.165, 1.54) is 24.4 Å². The third-order valence-corrected chi connectivity index (χ3v) is 7.77. The molecule has 6 nitrogen and oxygen atoms in total. The topological polar surface area (TPSA) is 72.3 Å². The maximum absolute atomic E-state index is 14.3. The summed E-state index contributed by atoms with van der Waals surface area (Å²) < 4.78 is 42.9. The van der Waals surface area contributed by atoms with Crippen LogP contribution in [0.5, 0.6) is 0 Å². The summed E-state index contributed by atoms with van der Waals surface area (Å²) in [6, 6.07) is 21.9. The van der Waals surface area contributed by atoms with Gasteiger partial charge < -0.3 is 9.47 Å². The van der Waals surface area contributed by atoms with Crippen LogP contribution in [0.15, 0.2) is 90.2 Å². The zero-order chi connectivity index (χ0) is 27.3. The molecule has 9 heteroatoms. The molecule has 38 heavy (non-hydrogen) atoms. The van der Waals surface area contributed by atoms with Gasteiger partial charge in [-0.05, 0) is 35.7 Å². The quantitative estimate of drug-likeness (QED) is 0.241. The molecular formula is C29H29ClFN3O3S. The van der Waals surface area contributed by atoms with E-state index in [0.717, 1.165) is 5.56 Å². The van der Waals surface area contributed by atoms with Crippen molar-refractivity contribution in [1.82, 2.24) is 14.5 Å². The van der Waals surface area contributed by atoms with Gasteiger partial charge in [-0.3, -0.25) is 4.79 Å². The first-order valence-corrected chi connectivity index (χ1v) is 14.3. The van der Waals surface area contributed by atoms with Crippen molar-refractivity contribution in [1.29, 1.82) is 0 Å². The SMILES string of the molecule is CC(C)CN(Cc1cnc(S(=O)(=O)Cc2ccccc2F)n1Cc1ccccc1)C(=O)c1cccc(Cl)c1. The lowest BCUT2D eigenvalue weighted by Crippen LogP contribution is -2.34. The van der Waals surface area contributed by atoms with E-state index >= 15 is 0 Å². The number of carbonyl (C=O) groups is 1. The predicted octanol–water partition coefficient (Wildman–Crippen LogP) is 6.00. The fraction of sp³-hybridized carbons (Fsp3) is 0.241. The predicted molar refractivity (Wildman–Crippen MR) is 146 cm³/mol. The van der Waals surface area contributed by atoms with Gasteiger partial charge in [0.1, 0.15) is 5.82 Å². The maximum atomic E-state index is 14.3. The van der Waals surface area contributed by atoms with Gasteiger partial charge in [0, 0.05) is 22.7 Å². The molecule has 0 unspecified atom stereocenters. The number of imidazole rings is 1. The summed E-state index contributed by atoms with van der Waals surface area (Å²) in [4.78, 5) is 19.4. The molecule has 4 aromatic rings. The molecule has 0 fully saturated rings. The Morgan fingerprint density at radius 1 is 1.03 bits per heavy atom. The summed E-state index contributed by atoms with van der Waals surface area (Å²) in [5.74, 6) is -1.17. The van der Waals surface area contributed by atoms with Crippen molar-refractivity contribution in [2.45, 2.75) is 37.8 Å². The standard InChI is InChI=1S/C29H29ClFN3O3S/c1-21(2)17-33(28(35)23-12-8-13-25(30)15-23)19-26-16-32-29(34(26)18-22-9-4-3-5-10-22)38(36,37)20-24-11-6-7-14-27(24)31/h3-16,21H,17-20H2,1-2H3. The lowest BCUT2D eigenvalue weighted by Gasteiger charge is -2.25. The number of aromatic nitrogens is 2. The van der Waals surface area contributed by atoms with E-state index in [1.54, 1.807) is 39.8 Å². The van der Waals surface area contributed by atoms with Crippen LogP contribution in [0.3, 0.4) is 0 Å². The van der Waals surface area contributed by atoms with Crippen molar-refractivity contribution in [3.05, 3.63) is 118 Å². The molecule has 0 aliphatic heterocycles. The third kappa shape index (κ3) is 6.68. The minimum atomic E-state index is -4.01. The van der Waals surface area contributed by atoms with Crippen LogP contribution in [0.4, 0.5) is 4.39 Å². The number of halogens is 2. The summed E-state index contributed by atoms with van der Waals surface area (Å²) in [6.45, 7) is 4.81. The smallest absolute Gasteiger partial charge is 0.254 e. The highest BCUT2D eigenvalue weighted by molar-refractivity contribution is 7.90. The van der Waals surface area contributed by atoms with Crippen LogP contribution in [-0.2, 0) is 28.7 Å². The molecule has 0 saturated heterocycles. The van der Waals surface area contributed by atoms with Crippen molar-refractivity contribution in [2.75, 3.05) is 6.54 Å². The van der Waals surface area contributed by atoms with E-state index in [0.29, 0.717) is 22.8 Å². The Balaban J connectivity index is 1.74. The Morgan fingerprint density at radius 2 is 1.74 bits per heavy atom. The van der Waals surface area contributed by atoms with Crippen molar-refractivity contribution < 1.29 is 17.6 Å². The minimum absolute atomic E-state index is 0.0703.